The SMILES string of the molecule is C=C(C)C(=O)OC12CC3CC(C(C)(C)OC(C)(C)C(C)(C)O)(C1)CC(C(C)(C)OC(C)(C)C(C)(C)O)(C3)C2. The van der Waals surface area contributed by atoms with Crippen LogP contribution in [0.5, 0.6) is 0 Å². The van der Waals surface area contributed by atoms with Crippen molar-refractivity contribution in [3.05, 3.63) is 12.2 Å². The molecular weight excluding hydrogens is 480 g/mol. The van der Waals surface area contributed by atoms with Crippen LogP contribution in [0.2, 0.25) is 0 Å². The van der Waals surface area contributed by atoms with Crippen molar-refractivity contribution in [2.75, 3.05) is 0 Å². The van der Waals surface area contributed by atoms with E-state index in [9.17, 15) is 15.0 Å². The normalized spacial score (nSPS) is 32.4. The Kier molecular flexibility index (Phi) is 7.29. The molecule has 0 radical (unpaired) electrons. The highest BCUT2D eigenvalue weighted by Crippen LogP contribution is 2.74. The third-order valence-electron chi connectivity index (χ3n) is 11.2. The zero-order valence-electron chi connectivity index (χ0n) is 26.6. The Bertz CT molecular complexity index is 901. The highest BCUT2D eigenvalue weighted by molar-refractivity contribution is 5.87. The van der Waals surface area contributed by atoms with Crippen LogP contribution >= 0.6 is 0 Å². The smallest absolute Gasteiger partial charge is 0.333 e. The molecule has 38 heavy (non-hydrogen) atoms. The average Bonchev–Trinajstić information content (AvgIpc) is 2.62. The van der Waals surface area contributed by atoms with Gasteiger partial charge in [0.15, 0.2) is 0 Å². The van der Waals surface area contributed by atoms with E-state index in [1.165, 1.54) is 0 Å². The molecular formula is C32H56O6. The Morgan fingerprint density at radius 1 is 0.711 bits per heavy atom. The molecule has 2 N–H and O–H groups in total. The van der Waals surface area contributed by atoms with Gasteiger partial charge >= 0.3 is 5.97 Å². The summed E-state index contributed by atoms with van der Waals surface area (Å²) >= 11 is 0. The quantitative estimate of drug-likeness (QED) is 0.245. The van der Waals surface area contributed by atoms with Gasteiger partial charge in [0.1, 0.15) is 5.60 Å². The van der Waals surface area contributed by atoms with Crippen LogP contribution in [0.25, 0.3) is 0 Å². The summed E-state index contributed by atoms with van der Waals surface area (Å²) in [7, 11) is 0. The molecule has 4 rings (SSSR count). The number of carbonyl (C=O) groups is 1. The molecule has 4 fully saturated rings. The molecule has 4 saturated carbocycles. The zero-order chi connectivity index (χ0) is 29.6. The van der Waals surface area contributed by atoms with Crippen molar-refractivity contribution in [2.24, 2.45) is 16.7 Å². The highest BCUT2D eigenvalue weighted by Gasteiger charge is 2.72. The second-order valence-corrected chi connectivity index (χ2v) is 16.3. The van der Waals surface area contributed by atoms with Crippen LogP contribution in [0.4, 0.5) is 0 Å². The maximum atomic E-state index is 13.0. The van der Waals surface area contributed by atoms with Crippen LogP contribution in [0, 0.1) is 16.7 Å². The molecule has 6 nitrogen and oxygen atoms in total. The van der Waals surface area contributed by atoms with Crippen LogP contribution in [-0.2, 0) is 19.0 Å². The topological polar surface area (TPSA) is 85.2 Å². The molecule has 0 aliphatic heterocycles. The van der Waals surface area contributed by atoms with Crippen LogP contribution in [0.15, 0.2) is 12.2 Å². The molecule has 0 heterocycles. The molecule has 2 unspecified atom stereocenters. The van der Waals surface area contributed by atoms with E-state index in [1.54, 1.807) is 34.6 Å². The van der Waals surface area contributed by atoms with Gasteiger partial charge in [0.2, 0.25) is 0 Å². The van der Waals surface area contributed by atoms with Crippen molar-refractivity contribution in [1.82, 2.24) is 0 Å². The third kappa shape index (κ3) is 5.12. The highest BCUT2D eigenvalue weighted by atomic mass is 16.6. The van der Waals surface area contributed by atoms with Gasteiger partial charge in [-0.05, 0) is 134 Å². The van der Waals surface area contributed by atoms with Crippen LogP contribution < -0.4 is 0 Å². The van der Waals surface area contributed by atoms with Gasteiger partial charge in [0, 0.05) is 16.4 Å². The Hall–Kier alpha value is -0.950. The number of esters is 1. The first-order valence-electron chi connectivity index (χ1n) is 14.4. The van der Waals surface area contributed by atoms with Crippen molar-refractivity contribution in [1.29, 1.82) is 0 Å². The fourth-order valence-electron chi connectivity index (χ4n) is 7.83. The standard InChI is InChI=1S/C32H56O6/c1-21(2)23(33)36-32-17-22-15-30(19-32,28(11,12)37-26(7,8)24(3,4)34)18-31(16-22,20-32)29(13,14)38-27(9,10)25(5,6)35/h22,34-35H,1,15-20H2,2-14H3. The third-order valence-corrected chi connectivity index (χ3v) is 11.2. The molecule has 2 atom stereocenters. The van der Waals surface area contributed by atoms with Gasteiger partial charge in [-0.2, -0.15) is 0 Å². The summed E-state index contributed by atoms with van der Waals surface area (Å²) in [6.45, 7) is 29.1. The largest absolute Gasteiger partial charge is 0.456 e. The summed E-state index contributed by atoms with van der Waals surface area (Å²) in [5.74, 6) is -0.00578. The first kappa shape index (κ1) is 31.6. The molecule has 0 saturated heterocycles. The number of hydrogen-bond donors (Lipinski definition) is 2. The molecule has 0 spiro atoms. The second-order valence-electron chi connectivity index (χ2n) is 16.3. The fraction of sp³-hybridized carbons (Fsp3) is 0.906. The van der Waals surface area contributed by atoms with Gasteiger partial charge in [0.05, 0.1) is 33.6 Å². The van der Waals surface area contributed by atoms with Crippen molar-refractivity contribution in [3.63, 3.8) is 0 Å². The predicted octanol–water partition coefficient (Wildman–Crippen LogP) is 6.50. The van der Waals surface area contributed by atoms with Gasteiger partial charge in [0.25, 0.3) is 0 Å². The Labute approximate surface area is 231 Å². The molecule has 0 aromatic rings. The lowest BCUT2D eigenvalue weighted by Crippen LogP contribution is -2.72. The minimum Gasteiger partial charge on any atom is -0.456 e. The molecule has 220 valence electrons. The summed E-state index contributed by atoms with van der Waals surface area (Å²) in [5.41, 5.74) is -5.79. The van der Waals surface area contributed by atoms with Crippen molar-refractivity contribution in [3.8, 4) is 0 Å². The average molecular weight is 537 g/mol. The summed E-state index contributed by atoms with van der Waals surface area (Å²) in [6, 6.07) is 0. The molecule has 4 bridgehead atoms. The van der Waals surface area contributed by atoms with Gasteiger partial charge in [-0.25, -0.2) is 4.79 Å². The Balaban J connectivity index is 2.14. The summed E-state index contributed by atoms with van der Waals surface area (Å²) in [4.78, 5) is 13.0. The maximum absolute atomic E-state index is 13.0. The zero-order valence-corrected chi connectivity index (χ0v) is 26.6. The Morgan fingerprint density at radius 3 is 1.39 bits per heavy atom. The number of carbonyl (C=O) groups excluding carboxylic acids is 1. The van der Waals surface area contributed by atoms with E-state index in [0.29, 0.717) is 24.3 Å². The molecule has 0 aromatic heterocycles. The van der Waals surface area contributed by atoms with E-state index in [2.05, 4.69) is 34.3 Å². The molecule has 0 amide bonds. The van der Waals surface area contributed by atoms with E-state index in [0.717, 1.165) is 25.7 Å². The van der Waals surface area contributed by atoms with Crippen molar-refractivity contribution >= 4 is 5.97 Å². The van der Waals surface area contributed by atoms with Gasteiger partial charge in [-0.15, -0.1) is 0 Å². The van der Waals surface area contributed by atoms with E-state index < -0.39 is 39.2 Å². The number of rotatable bonds is 10. The molecule has 4 aliphatic carbocycles. The molecule has 0 aromatic carbocycles. The summed E-state index contributed by atoms with van der Waals surface area (Å²) in [5, 5.41) is 21.9. The predicted molar refractivity (Wildman–Crippen MR) is 151 cm³/mol. The lowest BCUT2D eigenvalue weighted by Gasteiger charge is -2.72. The summed E-state index contributed by atoms with van der Waals surface area (Å²) in [6.07, 6.45) is 5.04. The van der Waals surface area contributed by atoms with Crippen LogP contribution in [-0.4, -0.2) is 55.4 Å². The van der Waals surface area contributed by atoms with Crippen LogP contribution in [0.3, 0.4) is 0 Å². The van der Waals surface area contributed by atoms with E-state index in [4.69, 9.17) is 14.2 Å². The molecule has 4 aliphatic rings. The van der Waals surface area contributed by atoms with E-state index in [1.807, 2.05) is 27.7 Å². The Morgan fingerprint density at radius 2 is 1.08 bits per heavy atom. The molecule has 6 heteroatoms. The monoisotopic (exact) mass is 536 g/mol. The first-order valence-corrected chi connectivity index (χ1v) is 14.4. The number of hydrogen-bond acceptors (Lipinski definition) is 6. The van der Waals surface area contributed by atoms with E-state index in [-0.39, 0.29) is 16.8 Å². The van der Waals surface area contributed by atoms with Crippen LogP contribution in [0.1, 0.15) is 129 Å². The second kappa shape index (κ2) is 8.77. The minimum atomic E-state index is -1.05. The van der Waals surface area contributed by atoms with Gasteiger partial charge in [-0.1, -0.05) is 6.58 Å². The minimum absolute atomic E-state index is 0.302. The first-order chi connectivity index (χ1) is 16.6. The maximum Gasteiger partial charge on any atom is 0.333 e. The number of aliphatic hydroxyl groups is 2. The lowest BCUT2D eigenvalue weighted by molar-refractivity contribution is -0.332. The van der Waals surface area contributed by atoms with E-state index >= 15 is 0 Å². The van der Waals surface area contributed by atoms with Gasteiger partial charge < -0.3 is 24.4 Å². The lowest BCUT2D eigenvalue weighted by atomic mass is 9.37. The van der Waals surface area contributed by atoms with Crippen molar-refractivity contribution < 1.29 is 29.2 Å². The van der Waals surface area contributed by atoms with Gasteiger partial charge in [-0.3, -0.25) is 0 Å². The fourth-order valence-corrected chi connectivity index (χ4v) is 7.83. The van der Waals surface area contributed by atoms with Crippen molar-refractivity contribution in [2.45, 2.75) is 168 Å². The summed E-state index contributed by atoms with van der Waals surface area (Å²) < 4.78 is 20.2. The number of ether oxygens (including phenoxy) is 3.